The van der Waals surface area contributed by atoms with Gasteiger partial charge in [-0.3, -0.25) is 0 Å². The Morgan fingerprint density at radius 1 is 0.650 bits per heavy atom. The van der Waals surface area contributed by atoms with Gasteiger partial charge in [0.25, 0.3) is 0 Å². The number of nitrogens with zero attached hydrogens (tertiary/aromatic N) is 2. The van der Waals surface area contributed by atoms with E-state index in [9.17, 15) is 0 Å². The molecule has 0 saturated carbocycles. The molecule has 0 unspecified atom stereocenters. The molecule has 4 nitrogen and oxygen atoms in total. The Labute approximate surface area is 114 Å². The van der Waals surface area contributed by atoms with Crippen molar-refractivity contribution < 1.29 is 8.83 Å². The number of oxazole rings is 2. The molecule has 2 aromatic carbocycles. The maximum absolute atomic E-state index is 5.41. The van der Waals surface area contributed by atoms with Crippen LogP contribution >= 0.6 is 0 Å². The Balaban J connectivity index is 2.04. The number of aromatic nitrogens is 2. The predicted octanol–water partition coefficient (Wildman–Crippen LogP) is 4.15. The largest absolute Gasteiger partial charge is 0.443 e. The van der Waals surface area contributed by atoms with Crippen LogP contribution in [0.1, 0.15) is 0 Å². The molecule has 0 aliphatic rings. The molecule has 20 heavy (non-hydrogen) atoms. The smallest absolute Gasteiger partial charge is 0.181 e. The molecule has 0 amide bonds. The van der Waals surface area contributed by atoms with Crippen LogP contribution in [0.15, 0.2) is 70.4 Å². The highest BCUT2D eigenvalue weighted by Crippen LogP contribution is 2.34. The summed E-state index contributed by atoms with van der Waals surface area (Å²) in [5.74, 6) is 1.51. The van der Waals surface area contributed by atoms with Gasteiger partial charge in [0.2, 0.25) is 0 Å². The van der Waals surface area contributed by atoms with Crippen LogP contribution in [-0.2, 0) is 0 Å². The first-order chi connectivity index (χ1) is 9.93. The normalized spacial score (nSPS) is 11.0. The molecule has 0 aliphatic heterocycles. The van der Waals surface area contributed by atoms with E-state index in [1.807, 2.05) is 24.3 Å². The van der Waals surface area contributed by atoms with Gasteiger partial charge in [0.1, 0.15) is 0 Å². The average molecular weight is 262 g/mol. The van der Waals surface area contributed by atoms with E-state index < -0.39 is 0 Å². The summed E-state index contributed by atoms with van der Waals surface area (Å²) in [4.78, 5) is 7.97. The summed E-state index contributed by atoms with van der Waals surface area (Å²) in [7, 11) is 0. The fraction of sp³-hybridized carbons (Fsp3) is 0. The molecule has 4 rings (SSSR count). The monoisotopic (exact) mass is 262 g/mol. The van der Waals surface area contributed by atoms with Crippen LogP contribution in [0, 0.1) is 0 Å². The lowest BCUT2D eigenvalue weighted by atomic mass is 9.98. The molecule has 4 heteroatoms. The molecule has 96 valence electrons. The van der Waals surface area contributed by atoms with Crippen molar-refractivity contribution in [2.45, 2.75) is 0 Å². The third kappa shape index (κ3) is 1.62. The van der Waals surface area contributed by atoms with Gasteiger partial charge in [-0.1, -0.05) is 36.4 Å². The molecule has 2 heterocycles. The van der Waals surface area contributed by atoms with Gasteiger partial charge in [0.15, 0.2) is 24.3 Å². The molecule has 0 fully saturated rings. The third-order valence-electron chi connectivity index (χ3n) is 3.32. The van der Waals surface area contributed by atoms with Gasteiger partial charge in [-0.15, -0.1) is 0 Å². The fourth-order valence-corrected chi connectivity index (χ4v) is 2.44. The van der Waals surface area contributed by atoms with E-state index in [0.29, 0.717) is 0 Å². The van der Waals surface area contributed by atoms with Crippen LogP contribution < -0.4 is 0 Å². The topological polar surface area (TPSA) is 52.1 Å². The minimum Gasteiger partial charge on any atom is -0.443 e. The van der Waals surface area contributed by atoms with Crippen molar-refractivity contribution in [3.8, 4) is 22.6 Å². The molecular weight excluding hydrogens is 252 g/mol. The Morgan fingerprint density at radius 3 is 1.55 bits per heavy atom. The van der Waals surface area contributed by atoms with Gasteiger partial charge >= 0.3 is 0 Å². The molecule has 0 bridgehead atoms. The summed E-state index contributed by atoms with van der Waals surface area (Å²) < 4.78 is 10.8. The Hall–Kier alpha value is -2.88. The van der Waals surface area contributed by atoms with E-state index in [1.54, 1.807) is 12.4 Å². The number of fused-ring (bicyclic) bond motifs is 1. The third-order valence-corrected chi connectivity index (χ3v) is 3.32. The van der Waals surface area contributed by atoms with E-state index >= 15 is 0 Å². The van der Waals surface area contributed by atoms with Crippen molar-refractivity contribution in [2.75, 3.05) is 0 Å². The van der Waals surface area contributed by atoms with E-state index in [4.69, 9.17) is 8.83 Å². The second-order valence-electron chi connectivity index (χ2n) is 4.44. The predicted molar refractivity (Wildman–Crippen MR) is 74.9 cm³/mol. The van der Waals surface area contributed by atoms with Crippen molar-refractivity contribution in [2.24, 2.45) is 0 Å². The second kappa shape index (κ2) is 4.35. The minimum atomic E-state index is 0.755. The molecule has 4 aromatic rings. The zero-order valence-electron chi connectivity index (χ0n) is 10.5. The number of rotatable bonds is 2. The highest BCUT2D eigenvalue weighted by atomic mass is 16.3. The summed E-state index contributed by atoms with van der Waals surface area (Å²) in [6.07, 6.45) is 6.31. The molecule has 0 N–H and O–H groups in total. The molecular formula is C16H10N2O2. The Bertz CT molecular complexity index is 776. The standard InChI is InChI=1S/C16H10N2O2/c1-3-11-12(13(5-1)15-7-17-9-19-15)4-2-6-14(11)16-8-18-10-20-16/h1-10H. The zero-order valence-corrected chi connectivity index (χ0v) is 10.5. The Morgan fingerprint density at radius 2 is 1.15 bits per heavy atom. The van der Waals surface area contributed by atoms with Gasteiger partial charge in [-0.2, -0.15) is 0 Å². The fourth-order valence-electron chi connectivity index (χ4n) is 2.44. The van der Waals surface area contributed by atoms with Crippen molar-refractivity contribution in [3.05, 3.63) is 61.6 Å². The zero-order chi connectivity index (χ0) is 13.4. The van der Waals surface area contributed by atoms with E-state index in [1.165, 1.54) is 12.8 Å². The van der Waals surface area contributed by atoms with E-state index in [2.05, 4.69) is 22.1 Å². The summed E-state index contributed by atoms with van der Waals surface area (Å²) in [5, 5.41) is 2.19. The second-order valence-corrected chi connectivity index (χ2v) is 4.44. The summed E-state index contributed by atoms with van der Waals surface area (Å²) in [6, 6.07) is 12.2. The van der Waals surface area contributed by atoms with Gasteiger partial charge in [0.05, 0.1) is 12.4 Å². The van der Waals surface area contributed by atoms with Gasteiger partial charge < -0.3 is 8.83 Å². The van der Waals surface area contributed by atoms with E-state index in [-0.39, 0.29) is 0 Å². The number of hydrogen-bond acceptors (Lipinski definition) is 4. The molecule has 0 aliphatic carbocycles. The summed E-state index contributed by atoms with van der Waals surface area (Å²) >= 11 is 0. The minimum absolute atomic E-state index is 0.755. The lowest BCUT2D eigenvalue weighted by Crippen LogP contribution is -1.83. The van der Waals surface area contributed by atoms with Gasteiger partial charge in [-0.05, 0) is 10.8 Å². The molecule has 2 aromatic heterocycles. The van der Waals surface area contributed by atoms with Crippen LogP contribution in [-0.4, -0.2) is 9.97 Å². The van der Waals surface area contributed by atoms with Crippen molar-refractivity contribution in [1.29, 1.82) is 0 Å². The first kappa shape index (κ1) is 11.0. The number of hydrogen-bond donors (Lipinski definition) is 0. The van der Waals surface area contributed by atoms with E-state index in [0.717, 1.165) is 33.4 Å². The van der Waals surface area contributed by atoms with Gasteiger partial charge in [0, 0.05) is 11.1 Å². The lowest BCUT2D eigenvalue weighted by Gasteiger charge is -2.07. The van der Waals surface area contributed by atoms with Crippen LogP contribution in [0.5, 0.6) is 0 Å². The van der Waals surface area contributed by atoms with Gasteiger partial charge in [-0.25, -0.2) is 9.97 Å². The molecule has 0 spiro atoms. The summed E-state index contributed by atoms with van der Waals surface area (Å²) in [6.45, 7) is 0. The molecule has 0 saturated heterocycles. The van der Waals surface area contributed by atoms with Crippen molar-refractivity contribution in [1.82, 2.24) is 9.97 Å². The highest BCUT2D eigenvalue weighted by molar-refractivity contribution is 6.02. The lowest BCUT2D eigenvalue weighted by molar-refractivity contribution is 0.572. The molecule has 0 radical (unpaired) electrons. The van der Waals surface area contributed by atoms with Crippen molar-refractivity contribution >= 4 is 10.8 Å². The molecule has 0 atom stereocenters. The average Bonchev–Trinajstić information content (AvgIpc) is 3.19. The van der Waals surface area contributed by atoms with Crippen LogP contribution in [0.2, 0.25) is 0 Å². The first-order valence-corrected chi connectivity index (χ1v) is 6.23. The number of benzene rings is 2. The van der Waals surface area contributed by atoms with Crippen molar-refractivity contribution in [3.63, 3.8) is 0 Å². The maximum Gasteiger partial charge on any atom is 0.181 e. The highest BCUT2D eigenvalue weighted by Gasteiger charge is 2.11. The maximum atomic E-state index is 5.41. The Kier molecular flexibility index (Phi) is 2.39. The quantitative estimate of drug-likeness (QED) is 0.544. The van der Waals surface area contributed by atoms with Crippen LogP contribution in [0.25, 0.3) is 33.4 Å². The first-order valence-electron chi connectivity index (χ1n) is 6.23. The van der Waals surface area contributed by atoms with Crippen LogP contribution in [0.3, 0.4) is 0 Å². The summed E-state index contributed by atoms with van der Waals surface area (Å²) in [5.41, 5.74) is 2.03. The SMILES string of the molecule is c1cc(-c2cnco2)c2cccc(-c3cnco3)c2c1. The van der Waals surface area contributed by atoms with Crippen LogP contribution in [0.4, 0.5) is 0 Å².